The van der Waals surface area contributed by atoms with Crippen molar-refractivity contribution in [3.05, 3.63) is 47.2 Å². The summed E-state index contributed by atoms with van der Waals surface area (Å²) < 4.78 is 32.1. The lowest BCUT2D eigenvalue weighted by molar-refractivity contribution is -0.150. The summed E-state index contributed by atoms with van der Waals surface area (Å²) in [7, 11) is -4.39. The van der Waals surface area contributed by atoms with Gasteiger partial charge in [-0.15, -0.1) is 16.9 Å². The SMILES string of the molecule is NC(C(=O)NC1C(=O)N2C(C(=O)O)=C(CSc3nnnn3CS(=O)(=O)O)CS[C@@H]12)c1ccccc1. The predicted molar refractivity (Wildman–Crippen MR) is 123 cm³/mol. The summed E-state index contributed by atoms with van der Waals surface area (Å²) in [6.45, 7) is 0. The first-order chi connectivity index (χ1) is 16.6. The van der Waals surface area contributed by atoms with E-state index >= 15 is 0 Å². The molecule has 1 fully saturated rings. The lowest BCUT2D eigenvalue weighted by Gasteiger charge is -2.49. The van der Waals surface area contributed by atoms with Gasteiger partial charge in [0.1, 0.15) is 23.2 Å². The number of amides is 2. The summed E-state index contributed by atoms with van der Waals surface area (Å²) in [6, 6.07) is 6.73. The Hall–Kier alpha value is -2.99. The van der Waals surface area contributed by atoms with Crippen LogP contribution in [0.1, 0.15) is 11.6 Å². The number of aromatic nitrogens is 4. The summed E-state index contributed by atoms with van der Waals surface area (Å²) in [5.41, 5.74) is 6.75. The molecule has 3 atom stereocenters. The highest BCUT2D eigenvalue weighted by molar-refractivity contribution is 8.01. The van der Waals surface area contributed by atoms with Crippen LogP contribution >= 0.6 is 23.5 Å². The van der Waals surface area contributed by atoms with E-state index in [0.717, 1.165) is 21.3 Å². The molecule has 4 rings (SSSR count). The van der Waals surface area contributed by atoms with Crippen molar-refractivity contribution < 1.29 is 32.5 Å². The van der Waals surface area contributed by atoms with Crippen molar-refractivity contribution in [3.8, 4) is 0 Å². The Kier molecular flexibility index (Phi) is 7.13. The number of nitrogens with one attached hydrogen (secondary N) is 1. The molecule has 17 heteroatoms. The molecule has 0 spiro atoms. The maximum atomic E-state index is 12.8. The van der Waals surface area contributed by atoms with Crippen molar-refractivity contribution >= 4 is 51.4 Å². The van der Waals surface area contributed by atoms with E-state index in [-0.39, 0.29) is 22.4 Å². The smallest absolute Gasteiger partial charge is 0.352 e. The minimum Gasteiger partial charge on any atom is -0.477 e. The van der Waals surface area contributed by atoms with Crippen LogP contribution in [-0.4, -0.2) is 83.9 Å². The van der Waals surface area contributed by atoms with Crippen LogP contribution in [0.4, 0.5) is 0 Å². The third-order valence-corrected chi connectivity index (χ3v) is 8.10. The average Bonchev–Trinajstić information content (AvgIpc) is 3.25. The van der Waals surface area contributed by atoms with Gasteiger partial charge in [-0.2, -0.15) is 8.42 Å². The van der Waals surface area contributed by atoms with Crippen molar-refractivity contribution in [1.29, 1.82) is 0 Å². The molecular formula is C18H19N7O7S3. The number of tetrazole rings is 1. The largest absolute Gasteiger partial charge is 0.477 e. The van der Waals surface area contributed by atoms with Gasteiger partial charge in [0, 0.05) is 11.5 Å². The second kappa shape index (κ2) is 9.94. The van der Waals surface area contributed by atoms with Gasteiger partial charge in [0.05, 0.1) is 0 Å². The van der Waals surface area contributed by atoms with Crippen LogP contribution in [0.3, 0.4) is 0 Å². The van der Waals surface area contributed by atoms with Crippen molar-refractivity contribution in [1.82, 2.24) is 30.4 Å². The Balaban J connectivity index is 1.46. The van der Waals surface area contributed by atoms with E-state index in [4.69, 9.17) is 10.3 Å². The molecule has 3 heterocycles. The van der Waals surface area contributed by atoms with Gasteiger partial charge < -0.3 is 16.2 Å². The second-order valence-corrected chi connectivity index (χ2v) is 11.0. The Morgan fingerprint density at radius 3 is 2.69 bits per heavy atom. The molecule has 0 saturated carbocycles. The zero-order valence-corrected chi connectivity index (χ0v) is 20.2. The summed E-state index contributed by atoms with van der Waals surface area (Å²) in [6.07, 6.45) is 0. The number of β-lactam (4-membered cyclic amide) rings is 1. The van der Waals surface area contributed by atoms with Crippen LogP contribution < -0.4 is 11.1 Å². The zero-order valence-electron chi connectivity index (χ0n) is 17.7. The maximum absolute atomic E-state index is 12.8. The van der Waals surface area contributed by atoms with Crippen molar-refractivity contribution in [2.24, 2.45) is 5.73 Å². The highest BCUT2D eigenvalue weighted by Gasteiger charge is 2.54. The number of fused-ring (bicyclic) bond motifs is 1. The standard InChI is InChI=1S/C18H19N7O7S3/c19-11(9-4-2-1-3-5-9)14(26)20-12-15(27)25-13(17(28)29)10(6-33-16(12)25)7-34-18-21-22-23-24(18)8-35(30,31)32/h1-5,11-12,16H,6-8,19H2,(H,20,26)(H,28,29)(H,30,31,32)/t11?,12?,16-/m0/s1. The first-order valence-electron chi connectivity index (χ1n) is 9.92. The second-order valence-electron chi connectivity index (χ2n) is 7.50. The number of nitrogens with zero attached hydrogens (tertiary/aromatic N) is 5. The molecule has 5 N–H and O–H groups in total. The van der Waals surface area contributed by atoms with Gasteiger partial charge in [-0.05, 0) is 21.6 Å². The monoisotopic (exact) mass is 541 g/mol. The van der Waals surface area contributed by atoms with Crippen molar-refractivity contribution in [2.45, 2.75) is 28.5 Å². The summed E-state index contributed by atoms with van der Waals surface area (Å²) in [5, 5.41) is 22.4. The Labute approximate surface area is 207 Å². The number of thioether (sulfide) groups is 2. The molecule has 2 aliphatic rings. The molecule has 0 bridgehead atoms. The van der Waals surface area contributed by atoms with Crippen LogP contribution in [0.5, 0.6) is 0 Å². The molecule has 0 radical (unpaired) electrons. The molecule has 0 aliphatic carbocycles. The topological polar surface area (TPSA) is 211 Å². The lowest BCUT2D eigenvalue weighted by Crippen LogP contribution is -2.71. The number of benzene rings is 1. The number of carboxylic acid groups (broad SMARTS) is 1. The van der Waals surface area contributed by atoms with Crippen molar-refractivity contribution in [3.63, 3.8) is 0 Å². The summed E-state index contributed by atoms with van der Waals surface area (Å²) >= 11 is 2.23. The fourth-order valence-corrected chi connectivity index (χ4v) is 6.46. The highest BCUT2D eigenvalue weighted by atomic mass is 32.2. The number of rotatable bonds is 9. The molecule has 186 valence electrons. The molecule has 2 amide bonds. The molecule has 1 aromatic carbocycles. The number of hydrogen-bond acceptors (Lipinski definition) is 11. The first-order valence-corrected chi connectivity index (χ1v) is 13.6. The number of carbonyl (C=O) groups excluding carboxylic acids is 2. The van der Waals surface area contributed by atoms with E-state index in [2.05, 4.69) is 20.8 Å². The van der Waals surface area contributed by atoms with Gasteiger partial charge in [0.15, 0.2) is 5.88 Å². The maximum Gasteiger partial charge on any atom is 0.352 e. The number of hydrogen-bond donors (Lipinski definition) is 4. The minimum atomic E-state index is -4.39. The molecular weight excluding hydrogens is 522 g/mol. The lowest BCUT2D eigenvalue weighted by atomic mass is 10.0. The number of nitrogens with two attached hydrogens (primary N) is 1. The molecule has 2 aromatic rings. The van der Waals surface area contributed by atoms with Gasteiger partial charge >= 0.3 is 5.97 Å². The number of carboxylic acids is 1. The highest BCUT2D eigenvalue weighted by Crippen LogP contribution is 2.41. The fourth-order valence-electron chi connectivity index (χ4n) is 3.54. The quantitative estimate of drug-likeness (QED) is 0.171. The van der Waals surface area contributed by atoms with Gasteiger partial charge in [0.2, 0.25) is 11.1 Å². The van der Waals surface area contributed by atoms with Gasteiger partial charge in [-0.3, -0.25) is 19.0 Å². The van der Waals surface area contributed by atoms with Crippen molar-refractivity contribution in [2.75, 3.05) is 11.5 Å². The van der Waals surface area contributed by atoms with Crippen LogP contribution in [0.2, 0.25) is 0 Å². The van der Waals surface area contributed by atoms with E-state index in [1.165, 1.54) is 11.8 Å². The van der Waals surface area contributed by atoms with E-state index < -0.39 is 51.2 Å². The third kappa shape index (κ3) is 5.32. The molecule has 14 nitrogen and oxygen atoms in total. The van der Waals surface area contributed by atoms with Gasteiger partial charge in [0.25, 0.3) is 16.0 Å². The van der Waals surface area contributed by atoms with Crippen LogP contribution in [-0.2, 0) is 30.4 Å². The Bertz CT molecular complexity index is 1300. The Morgan fingerprint density at radius 2 is 2.03 bits per heavy atom. The zero-order chi connectivity index (χ0) is 25.3. The minimum absolute atomic E-state index is 0.0435. The molecule has 2 unspecified atom stereocenters. The van der Waals surface area contributed by atoms with E-state index in [1.54, 1.807) is 30.3 Å². The molecule has 1 aromatic heterocycles. The molecule has 2 aliphatic heterocycles. The van der Waals surface area contributed by atoms with Crippen LogP contribution in [0.25, 0.3) is 0 Å². The van der Waals surface area contributed by atoms with Gasteiger partial charge in [-0.1, -0.05) is 42.1 Å². The summed E-state index contributed by atoms with van der Waals surface area (Å²) in [5.74, 6) is -3.02. The Morgan fingerprint density at radius 1 is 1.31 bits per heavy atom. The van der Waals surface area contributed by atoms with E-state index in [0.29, 0.717) is 11.1 Å². The third-order valence-electron chi connectivity index (χ3n) is 5.15. The summed E-state index contributed by atoms with van der Waals surface area (Å²) in [4.78, 5) is 38.5. The van der Waals surface area contributed by atoms with Crippen LogP contribution in [0, 0.1) is 0 Å². The first kappa shape index (κ1) is 25.1. The van der Waals surface area contributed by atoms with E-state index in [9.17, 15) is 27.9 Å². The number of aliphatic carboxylic acids is 1. The molecule has 1 saturated heterocycles. The normalized spacial score (nSPS) is 20.7. The molecule has 35 heavy (non-hydrogen) atoms. The van der Waals surface area contributed by atoms with Crippen LogP contribution in [0.15, 0.2) is 46.8 Å². The predicted octanol–water partition coefficient (Wildman–Crippen LogP) is -0.951. The fraction of sp³-hybridized carbons (Fsp3) is 0.333. The number of carbonyl (C=O) groups is 3. The average molecular weight is 542 g/mol. The van der Waals surface area contributed by atoms with Gasteiger partial charge in [-0.25, -0.2) is 9.48 Å². The van der Waals surface area contributed by atoms with E-state index in [1.807, 2.05) is 0 Å².